The van der Waals surface area contributed by atoms with Crippen LogP contribution < -0.4 is 15.4 Å². The van der Waals surface area contributed by atoms with E-state index in [0.717, 1.165) is 29.1 Å². The minimum Gasteiger partial charge on any atom is -0.487 e. The van der Waals surface area contributed by atoms with E-state index in [1.165, 1.54) is 0 Å². The van der Waals surface area contributed by atoms with E-state index in [0.29, 0.717) is 18.4 Å². The summed E-state index contributed by atoms with van der Waals surface area (Å²) >= 11 is 0. The second-order valence-electron chi connectivity index (χ2n) is 7.71. The number of rotatable bonds is 4. The molecule has 1 atom stereocenters. The molecule has 0 amide bonds. The molecule has 0 radical (unpaired) electrons. The van der Waals surface area contributed by atoms with Gasteiger partial charge in [0.25, 0.3) is 0 Å². The summed E-state index contributed by atoms with van der Waals surface area (Å²) in [7, 11) is 1.76. The topological polar surface area (TPSA) is 71.7 Å². The molecule has 1 aromatic heterocycles. The first kappa shape index (κ1) is 19.1. The van der Waals surface area contributed by atoms with E-state index in [-0.39, 0.29) is 11.6 Å². The lowest BCUT2D eigenvalue weighted by molar-refractivity contribution is 0.0694. The van der Waals surface area contributed by atoms with E-state index in [1.807, 2.05) is 48.5 Å². The predicted molar refractivity (Wildman–Crippen MR) is 114 cm³/mol. The van der Waals surface area contributed by atoms with Crippen molar-refractivity contribution in [3.8, 4) is 17.1 Å². The summed E-state index contributed by atoms with van der Waals surface area (Å²) in [6, 6.07) is 18.2. The number of aromatic nitrogens is 1. The van der Waals surface area contributed by atoms with Crippen LogP contribution in [-0.4, -0.2) is 23.6 Å². The van der Waals surface area contributed by atoms with Crippen LogP contribution in [0.3, 0.4) is 0 Å². The summed E-state index contributed by atoms with van der Waals surface area (Å²) < 4.78 is 12.0. The zero-order valence-corrected chi connectivity index (χ0v) is 17.0. The molecule has 3 aromatic rings. The second kappa shape index (κ2) is 7.99. The first-order valence-corrected chi connectivity index (χ1v) is 9.79. The number of oxazole rings is 1. The Morgan fingerprint density at radius 3 is 2.69 bits per heavy atom. The number of hydrogen-bond donors (Lipinski definition) is 2. The average Bonchev–Trinajstić information content (AvgIpc) is 3.20. The summed E-state index contributed by atoms with van der Waals surface area (Å²) in [6.07, 6.45) is 2.58. The van der Waals surface area contributed by atoms with E-state index >= 15 is 0 Å². The Labute approximate surface area is 171 Å². The Hall–Kier alpha value is -3.28. The molecule has 0 fully saturated rings. The maximum Gasteiger partial charge on any atom is 0.214 e. The van der Waals surface area contributed by atoms with Gasteiger partial charge in [-0.15, -0.1) is 0 Å². The van der Waals surface area contributed by atoms with Gasteiger partial charge in [0.05, 0.1) is 18.8 Å². The molecule has 2 aromatic carbocycles. The first-order valence-electron chi connectivity index (χ1n) is 9.79. The molecule has 1 unspecified atom stereocenters. The minimum absolute atomic E-state index is 0.102. The fourth-order valence-corrected chi connectivity index (χ4v) is 3.58. The number of aliphatic imine (C=N–C) groups is 1. The van der Waals surface area contributed by atoms with Crippen molar-refractivity contribution in [1.29, 1.82) is 0 Å². The lowest BCUT2D eigenvalue weighted by atomic mass is 9.90. The molecule has 2 heterocycles. The Bertz CT molecular complexity index is 995. The third-order valence-corrected chi connectivity index (χ3v) is 4.93. The highest BCUT2D eigenvalue weighted by atomic mass is 16.5. The molecule has 29 heavy (non-hydrogen) atoms. The van der Waals surface area contributed by atoms with Gasteiger partial charge in [-0.1, -0.05) is 48.5 Å². The monoisotopic (exact) mass is 390 g/mol. The van der Waals surface area contributed by atoms with Gasteiger partial charge in [-0.3, -0.25) is 4.99 Å². The van der Waals surface area contributed by atoms with Gasteiger partial charge < -0.3 is 19.8 Å². The molecule has 0 spiro atoms. The standard InChI is InChI=1S/C23H26N4O2/c1-23(2)13-18(17-11-7-8-12-19(17)29-23)27-22(24-3)26-15-21-25-14-20(28-21)16-9-5-4-6-10-16/h4-12,14,18H,13,15H2,1-3H3,(H2,24,26,27). The van der Waals surface area contributed by atoms with E-state index in [9.17, 15) is 0 Å². The van der Waals surface area contributed by atoms with Gasteiger partial charge in [-0.25, -0.2) is 4.98 Å². The van der Waals surface area contributed by atoms with Crippen LogP contribution in [0.25, 0.3) is 11.3 Å². The number of fused-ring (bicyclic) bond motifs is 1. The molecular weight excluding hydrogens is 364 g/mol. The van der Waals surface area contributed by atoms with Crippen molar-refractivity contribution in [2.75, 3.05) is 7.05 Å². The van der Waals surface area contributed by atoms with E-state index in [2.05, 4.69) is 40.5 Å². The Morgan fingerprint density at radius 2 is 1.90 bits per heavy atom. The fraction of sp³-hybridized carbons (Fsp3) is 0.304. The highest BCUT2D eigenvalue weighted by Crippen LogP contribution is 2.39. The van der Waals surface area contributed by atoms with Crippen LogP contribution in [0.5, 0.6) is 5.75 Å². The van der Waals surface area contributed by atoms with Gasteiger partial charge >= 0.3 is 0 Å². The third kappa shape index (κ3) is 4.42. The summed E-state index contributed by atoms with van der Waals surface area (Å²) in [5, 5.41) is 6.81. The van der Waals surface area contributed by atoms with Crippen LogP contribution in [0, 0.1) is 0 Å². The molecule has 6 nitrogen and oxygen atoms in total. The lowest BCUT2D eigenvalue weighted by Crippen LogP contribution is -2.45. The summed E-state index contributed by atoms with van der Waals surface area (Å²) in [5.74, 6) is 2.98. The molecule has 1 aliphatic rings. The molecule has 0 saturated heterocycles. The highest BCUT2D eigenvalue weighted by Gasteiger charge is 2.33. The third-order valence-electron chi connectivity index (χ3n) is 4.93. The number of nitrogens with zero attached hydrogens (tertiary/aromatic N) is 2. The maximum absolute atomic E-state index is 6.11. The molecule has 0 saturated carbocycles. The number of hydrogen-bond acceptors (Lipinski definition) is 4. The van der Waals surface area contributed by atoms with E-state index in [4.69, 9.17) is 9.15 Å². The Kier molecular flexibility index (Phi) is 5.25. The zero-order chi connectivity index (χ0) is 20.3. The van der Waals surface area contributed by atoms with Crippen molar-refractivity contribution >= 4 is 5.96 Å². The number of para-hydroxylation sites is 1. The molecule has 2 N–H and O–H groups in total. The van der Waals surface area contributed by atoms with Gasteiger partial charge in [0.2, 0.25) is 5.89 Å². The first-order chi connectivity index (χ1) is 14.0. The number of nitrogens with one attached hydrogen (secondary N) is 2. The summed E-state index contributed by atoms with van der Waals surface area (Å²) in [4.78, 5) is 8.74. The second-order valence-corrected chi connectivity index (χ2v) is 7.71. The summed E-state index contributed by atoms with van der Waals surface area (Å²) in [6.45, 7) is 4.65. The van der Waals surface area contributed by atoms with Crippen LogP contribution in [0.15, 0.2) is 70.2 Å². The van der Waals surface area contributed by atoms with Crippen molar-refractivity contribution in [1.82, 2.24) is 15.6 Å². The van der Waals surface area contributed by atoms with E-state index < -0.39 is 0 Å². The molecule has 150 valence electrons. The Morgan fingerprint density at radius 1 is 1.14 bits per heavy atom. The van der Waals surface area contributed by atoms with Crippen molar-refractivity contribution < 1.29 is 9.15 Å². The minimum atomic E-state index is -0.252. The maximum atomic E-state index is 6.11. The van der Waals surface area contributed by atoms with Gasteiger partial charge in [-0.05, 0) is 19.9 Å². The molecule has 0 aliphatic carbocycles. The quantitative estimate of drug-likeness (QED) is 0.513. The van der Waals surface area contributed by atoms with Gasteiger partial charge in [0.1, 0.15) is 11.4 Å². The van der Waals surface area contributed by atoms with Crippen LogP contribution in [-0.2, 0) is 6.54 Å². The average molecular weight is 390 g/mol. The van der Waals surface area contributed by atoms with Gasteiger partial charge in [0, 0.05) is 24.6 Å². The van der Waals surface area contributed by atoms with Crippen LogP contribution in [0.1, 0.15) is 37.8 Å². The normalized spacial score (nSPS) is 17.9. The Balaban J connectivity index is 1.43. The van der Waals surface area contributed by atoms with Crippen molar-refractivity contribution in [3.05, 3.63) is 72.2 Å². The smallest absolute Gasteiger partial charge is 0.214 e. The van der Waals surface area contributed by atoms with Crippen LogP contribution >= 0.6 is 0 Å². The molecule has 6 heteroatoms. The number of benzene rings is 2. The lowest BCUT2D eigenvalue weighted by Gasteiger charge is -2.38. The van der Waals surface area contributed by atoms with Gasteiger partial charge in [-0.2, -0.15) is 0 Å². The predicted octanol–water partition coefficient (Wildman–Crippen LogP) is 4.31. The number of ether oxygens (including phenoxy) is 1. The van der Waals surface area contributed by atoms with Crippen LogP contribution in [0.2, 0.25) is 0 Å². The van der Waals surface area contributed by atoms with Crippen molar-refractivity contribution in [2.24, 2.45) is 4.99 Å². The van der Waals surface area contributed by atoms with Crippen LogP contribution in [0.4, 0.5) is 0 Å². The molecule has 1 aliphatic heterocycles. The molecular formula is C23H26N4O2. The largest absolute Gasteiger partial charge is 0.487 e. The fourth-order valence-electron chi connectivity index (χ4n) is 3.58. The SMILES string of the molecule is CN=C(NCc1ncc(-c2ccccc2)o1)NC1CC(C)(C)Oc2ccccc21. The van der Waals surface area contributed by atoms with Crippen molar-refractivity contribution in [2.45, 2.75) is 38.5 Å². The molecule has 0 bridgehead atoms. The van der Waals surface area contributed by atoms with Gasteiger partial charge in [0.15, 0.2) is 11.7 Å². The highest BCUT2D eigenvalue weighted by molar-refractivity contribution is 5.80. The van der Waals surface area contributed by atoms with E-state index in [1.54, 1.807) is 13.2 Å². The molecule has 4 rings (SSSR count). The zero-order valence-electron chi connectivity index (χ0n) is 17.0. The summed E-state index contributed by atoms with van der Waals surface area (Å²) in [5.41, 5.74) is 1.89. The number of guanidine groups is 1. The van der Waals surface area contributed by atoms with Crippen molar-refractivity contribution in [3.63, 3.8) is 0 Å².